The summed E-state index contributed by atoms with van der Waals surface area (Å²) in [5.74, 6) is 0.914. The first-order valence-electron chi connectivity index (χ1n) is 8.98. The van der Waals surface area contributed by atoms with Crippen molar-refractivity contribution in [2.75, 3.05) is 38.3 Å². The third-order valence-corrected chi connectivity index (χ3v) is 6.60. The molecule has 2 heterocycles. The number of rotatable bonds is 5. The van der Waals surface area contributed by atoms with E-state index in [4.69, 9.17) is 25.5 Å². The molecule has 0 N–H and O–H groups in total. The first-order chi connectivity index (χ1) is 14.0. The van der Waals surface area contributed by atoms with Gasteiger partial charge in [0.25, 0.3) is 0 Å². The third-order valence-electron chi connectivity index (χ3n) is 4.61. The molecule has 0 radical (unpaired) electrons. The Morgan fingerprint density at radius 1 is 1.07 bits per heavy atom. The zero-order valence-corrected chi connectivity index (χ0v) is 17.2. The molecular weight excluding hydrogens is 416 g/mol. The van der Waals surface area contributed by atoms with E-state index in [0.29, 0.717) is 42.6 Å². The van der Waals surface area contributed by atoms with Crippen molar-refractivity contribution in [3.63, 3.8) is 0 Å². The van der Waals surface area contributed by atoms with Crippen LogP contribution in [-0.4, -0.2) is 46.8 Å². The quantitative estimate of drug-likeness (QED) is 0.605. The van der Waals surface area contributed by atoms with Crippen LogP contribution in [0.15, 0.2) is 62.9 Å². The van der Waals surface area contributed by atoms with Gasteiger partial charge < -0.3 is 18.8 Å². The average molecular weight is 435 g/mol. The lowest BCUT2D eigenvalue weighted by atomic mass is 10.2. The number of sulfone groups is 1. The summed E-state index contributed by atoms with van der Waals surface area (Å²) in [6.45, 7) is 1.96. The Balaban J connectivity index is 1.84. The summed E-state index contributed by atoms with van der Waals surface area (Å²) in [6.07, 6.45) is 0. The molecule has 0 aliphatic carbocycles. The molecule has 7 nitrogen and oxygen atoms in total. The molecule has 152 valence electrons. The van der Waals surface area contributed by atoms with Crippen LogP contribution in [0.4, 0.5) is 5.88 Å². The molecule has 2 aromatic carbocycles. The van der Waals surface area contributed by atoms with Gasteiger partial charge in [-0.05, 0) is 36.4 Å². The molecule has 1 fully saturated rings. The van der Waals surface area contributed by atoms with E-state index in [1.807, 2.05) is 4.90 Å². The van der Waals surface area contributed by atoms with E-state index in [1.54, 1.807) is 36.4 Å². The molecule has 0 unspecified atom stereocenters. The highest BCUT2D eigenvalue weighted by atomic mass is 35.5. The minimum absolute atomic E-state index is 0.104. The number of nitrogens with zero attached hydrogens (tertiary/aromatic N) is 2. The van der Waals surface area contributed by atoms with Gasteiger partial charge in [0.2, 0.25) is 26.6 Å². The van der Waals surface area contributed by atoms with Gasteiger partial charge >= 0.3 is 0 Å². The second-order valence-electron chi connectivity index (χ2n) is 6.39. The van der Waals surface area contributed by atoms with Crippen LogP contribution < -0.4 is 9.64 Å². The van der Waals surface area contributed by atoms with E-state index in [0.717, 1.165) is 0 Å². The Labute approximate surface area is 173 Å². The Morgan fingerprint density at radius 3 is 2.41 bits per heavy atom. The van der Waals surface area contributed by atoms with Gasteiger partial charge in [-0.25, -0.2) is 8.42 Å². The van der Waals surface area contributed by atoms with E-state index < -0.39 is 9.84 Å². The van der Waals surface area contributed by atoms with Crippen molar-refractivity contribution in [2.24, 2.45) is 0 Å². The molecule has 1 aliphatic rings. The molecule has 4 rings (SSSR count). The van der Waals surface area contributed by atoms with Crippen molar-refractivity contribution in [3.05, 3.63) is 53.6 Å². The summed E-state index contributed by atoms with van der Waals surface area (Å²) < 4.78 is 43.2. The van der Waals surface area contributed by atoms with Crippen LogP contribution in [0.2, 0.25) is 5.02 Å². The second kappa shape index (κ2) is 8.06. The van der Waals surface area contributed by atoms with E-state index in [1.165, 1.54) is 19.2 Å². The molecule has 0 bridgehead atoms. The van der Waals surface area contributed by atoms with Crippen LogP contribution in [0.25, 0.3) is 11.5 Å². The molecule has 0 amide bonds. The third kappa shape index (κ3) is 3.83. The molecule has 0 saturated carbocycles. The normalized spacial score (nSPS) is 14.8. The Hall–Kier alpha value is -2.55. The molecule has 1 aromatic heterocycles. The summed E-state index contributed by atoms with van der Waals surface area (Å²) in [5, 5.41) is 0.287. The molecule has 0 spiro atoms. The number of ether oxygens (including phenoxy) is 2. The number of hydrogen-bond donors (Lipinski definition) is 0. The van der Waals surface area contributed by atoms with Gasteiger partial charge in [0.1, 0.15) is 5.75 Å². The van der Waals surface area contributed by atoms with Gasteiger partial charge in [0, 0.05) is 13.1 Å². The Kier molecular flexibility index (Phi) is 5.49. The minimum Gasteiger partial charge on any atom is -0.497 e. The number of morpholine rings is 1. The number of halogens is 1. The lowest BCUT2D eigenvalue weighted by molar-refractivity contribution is 0.120. The monoisotopic (exact) mass is 434 g/mol. The summed E-state index contributed by atoms with van der Waals surface area (Å²) in [4.78, 5) is 6.28. The molecule has 3 aromatic rings. The average Bonchev–Trinajstić information content (AvgIpc) is 3.21. The second-order valence-corrected chi connectivity index (χ2v) is 8.66. The van der Waals surface area contributed by atoms with Crippen molar-refractivity contribution in [1.82, 2.24) is 4.98 Å². The van der Waals surface area contributed by atoms with Crippen molar-refractivity contribution in [1.29, 1.82) is 0 Å². The maximum absolute atomic E-state index is 13.4. The van der Waals surface area contributed by atoms with Crippen LogP contribution in [0, 0.1) is 0 Å². The highest BCUT2D eigenvalue weighted by Gasteiger charge is 2.32. The molecule has 1 aliphatic heterocycles. The van der Waals surface area contributed by atoms with Gasteiger partial charge in [0.15, 0.2) is 0 Å². The fourth-order valence-corrected chi connectivity index (χ4v) is 4.59. The lowest BCUT2D eigenvalue weighted by Gasteiger charge is -2.26. The Bertz CT molecular complexity index is 1110. The number of oxazole rings is 1. The highest BCUT2D eigenvalue weighted by molar-refractivity contribution is 7.91. The van der Waals surface area contributed by atoms with Crippen LogP contribution in [0.5, 0.6) is 5.75 Å². The van der Waals surface area contributed by atoms with Crippen LogP contribution >= 0.6 is 11.6 Å². The molecule has 1 saturated heterocycles. The van der Waals surface area contributed by atoms with E-state index >= 15 is 0 Å². The van der Waals surface area contributed by atoms with Crippen LogP contribution in [-0.2, 0) is 14.6 Å². The molecule has 0 atom stereocenters. The van der Waals surface area contributed by atoms with Crippen molar-refractivity contribution < 1.29 is 22.3 Å². The zero-order chi connectivity index (χ0) is 20.4. The summed E-state index contributed by atoms with van der Waals surface area (Å²) in [6, 6.07) is 13.2. The van der Waals surface area contributed by atoms with Crippen molar-refractivity contribution >= 4 is 27.3 Å². The minimum atomic E-state index is -3.93. The molecular formula is C20H19ClN2O5S. The predicted molar refractivity (Wildman–Crippen MR) is 108 cm³/mol. The summed E-state index contributed by atoms with van der Waals surface area (Å²) in [7, 11) is -2.41. The maximum atomic E-state index is 13.4. The zero-order valence-electron chi connectivity index (χ0n) is 15.7. The van der Waals surface area contributed by atoms with Crippen LogP contribution in [0.1, 0.15) is 0 Å². The van der Waals surface area contributed by atoms with Crippen molar-refractivity contribution in [3.8, 4) is 17.2 Å². The number of benzene rings is 2. The van der Waals surface area contributed by atoms with Gasteiger partial charge in [-0.2, -0.15) is 4.98 Å². The van der Waals surface area contributed by atoms with E-state index in [2.05, 4.69) is 4.98 Å². The van der Waals surface area contributed by atoms with Gasteiger partial charge in [-0.15, -0.1) is 0 Å². The number of anilines is 1. The topological polar surface area (TPSA) is 81.9 Å². The van der Waals surface area contributed by atoms with Gasteiger partial charge in [-0.1, -0.05) is 23.7 Å². The highest BCUT2D eigenvalue weighted by Crippen LogP contribution is 2.37. The largest absolute Gasteiger partial charge is 0.497 e. The summed E-state index contributed by atoms with van der Waals surface area (Å²) >= 11 is 6.27. The van der Waals surface area contributed by atoms with Crippen molar-refractivity contribution in [2.45, 2.75) is 9.92 Å². The number of hydrogen-bond acceptors (Lipinski definition) is 7. The fourth-order valence-electron chi connectivity index (χ4n) is 3.06. The van der Waals surface area contributed by atoms with E-state index in [-0.39, 0.29) is 21.7 Å². The smallest absolute Gasteiger partial charge is 0.236 e. The predicted octanol–water partition coefficient (Wildman–Crippen LogP) is 3.67. The standard InChI is InChI=1S/C20H19ClN2O5S/c1-26-14-6-8-15(9-7-14)29(24,25)19-20(23-10-12-27-13-11-23)28-18(22-19)16-4-2-3-5-17(16)21/h2-9H,10-13H2,1H3. The Morgan fingerprint density at radius 2 is 1.76 bits per heavy atom. The number of aromatic nitrogens is 1. The SMILES string of the molecule is COc1ccc(S(=O)(=O)c2nc(-c3ccccc3Cl)oc2N2CCOCC2)cc1. The van der Waals surface area contributed by atoms with E-state index in [9.17, 15) is 8.42 Å². The first kappa shape index (κ1) is 19.8. The van der Waals surface area contributed by atoms with Gasteiger partial charge in [0.05, 0.1) is 35.8 Å². The molecule has 9 heteroatoms. The van der Waals surface area contributed by atoms with Gasteiger partial charge in [-0.3, -0.25) is 0 Å². The first-order valence-corrected chi connectivity index (χ1v) is 10.8. The van der Waals surface area contributed by atoms with Crippen LogP contribution in [0.3, 0.4) is 0 Å². The molecule has 29 heavy (non-hydrogen) atoms. The fraction of sp³-hybridized carbons (Fsp3) is 0.250. The maximum Gasteiger partial charge on any atom is 0.236 e. The lowest BCUT2D eigenvalue weighted by Crippen LogP contribution is -2.36. The summed E-state index contributed by atoms with van der Waals surface area (Å²) in [5.41, 5.74) is 0.528. The number of methoxy groups -OCH3 is 1.